The Balaban J connectivity index is 2.11. The number of amides is 1. The molecule has 1 aromatic carbocycles. The summed E-state index contributed by atoms with van der Waals surface area (Å²) >= 11 is 0. The van der Waals surface area contributed by atoms with Gasteiger partial charge in [0.15, 0.2) is 0 Å². The number of hydrogen-bond acceptors (Lipinski definition) is 3. The highest BCUT2D eigenvalue weighted by Gasteiger charge is 2.34. The Morgan fingerprint density at radius 3 is 2.57 bits per heavy atom. The minimum absolute atomic E-state index is 0.0634. The lowest BCUT2D eigenvalue weighted by Gasteiger charge is -2.35. The largest absolute Gasteiger partial charge is 0.347 e. The lowest BCUT2D eigenvalue weighted by molar-refractivity contribution is -0.128. The molecule has 0 aromatic heterocycles. The average molecular weight is 338 g/mol. The van der Waals surface area contributed by atoms with Gasteiger partial charge in [-0.05, 0) is 31.7 Å². The molecule has 1 N–H and O–H groups in total. The van der Waals surface area contributed by atoms with E-state index in [1.165, 1.54) is 10.6 Å². The molecule has 0 bridgehead atoms. The van der Waals surface area contributed by atoms with Gasteiger partial charge in [-0.2, -0.15) is 0 Å². The van der Waals surface area contributed by atoms with Crippen LogP contribution in [0.1, 0.15) is 38.7 Å². The van der Waals surface area contributed by atoms with Gasteiger partial charge in [-0.15, -0.1) is 0 Å². The van der Waals surface area contributed by atoms with Gasteiger partial charge in [0.25, 0.3) is 0 Å². The Morgan fingerprint density at radius 1 is 1.35 bits per heavy atom. The molecule has 1 aromatic rings. The number of sulfonamides is 1. The average Bonchev–Trinajstić information content (AvgIpc) is 2.55. The smallest absolute Gasteiger partial charge is 0.225 e. The molecular weight excluding hydrogens is 312 g/mol. The lowest BCUT2D eigenvalue weighted by atomic mass is 9.88. The van der Waals surface area contributed by atoms with Gasteiger partial charge >= 0.3 is 0 Å². The molecule has 128 valence electrons. The first-order valence-corrected chi connectivity index (χ1v) is 9.94. The maximum Gasteiger partial charge on any atom is 0.225 e. The summed E-state index contributed by atoms with van der Waals surface area (Å²) in [5.74, 6) is -0.348. The predicted molar refractivity (Wildman–Crippen MR) is 91.4 cm³/mol. The zero-order chi connectivity index (χ0) is 17.1. The van der Waals surface area contributed by atoms with Crippen LogP contribution < -0.4 is 5.32 Å². The third-order valence-corrected chi connectivity index (χ3v) is 6.01. The Morgan fingerprint density at radius 2 is 2.00 bits per heavy atom. The fourth-order valence-corrected chi connectivity index (χ4v) is 3.91. The number of carbonyl (C=O) groups excluding carboxylic acids is 1. The van der Waals surface area contributed by atoms with Crippen LogP contribution in [0.3, 0.4) is 0 Å². The topological polar surface area (TPSA) is 66.5 Å². The number of hydrogen-bond donors (Lipinski definition) is 1. The molecule has 23 heavy (non-hydrogen) atoms. The van der Waals surface area contributed by atoms with Crippen molar-refractivity contribution in [3.63, 3.8) is 0 Å². The molecule has 0 unspecified atom stereocenters. The van der Waals surface area contributed by atoms with Crippen LogP contribution in [0.2, 0.25) is 0 Å². The number of nitrogens with zero attached hydrogens (tertiary/aromatic N) is 1. The molecule has 1 aliphatic rings. The van der Waals surface area contributed by atoms with Crippen molar-refractivity contribution in [2.45, 2.75) is 38.6 Å². The Hall–Kier alpha value is -1.40. The standard InChI is InChI=1S/C17H26N2O3S/c1-4-17(2,15-10-6-5-7-11-15)18-16(20)14-9-8-12-19(13-14)23(3,21)22/h5-7,10-11,14H,4,8-9,12-13H2,1-3H3,(H,18,20)/t14-,17+/m0/s1. The minimum Gasteiger partial charge on any atom is -0.347 e. The van der Waals surface area contributed by atoms with E-state index in [9.17, 15) is 13.2 Å². The van der Waals surface area contributed by atoms with Crippen LogP contribution in [-0.2, 0) is 20.4 Å². The first kappa shape index (κ1) is 17.9. The Bertz CT molecular complexity index is 645. The van der Waals surface area contributed by atoms with E-state index in [2.05, 4.69) is 5.32 Å². The number of rotatable bonds is 5. The van der Waals surface area contributed by atoms with Crippen molar-refractivity contribution in [3.05, 3.63) is 35.9 Å². The van der Waals surface area contributed by atoms with Crippen molar-refractivity contribution >= 4 is 15.9 Å². The molecule has 0 aliphatic carbocycles. The molecule has 0 spiro atoms. The Kier molecular flexibility index (Phi) is 5.47. The summed E-state index contributed by atoms with van der Waals surface area (Å²) in [5, 5.41) is 3.14. The molecule has 5 nitrogen and oxygen atoms in total. The highest BCUT2D eigenvalue weighted by Crippen LogP contribution is 2.26. The molecule has 0 radical (unpaired) electrons. The molecule has 1 amide bonds. The molecule has 0 saturated carbocycles. The van der Waals surface area contributed by atoms with Crippen LogP contribution in [-0.4, -0.2) is 38.0 Å². The van der Waals surface area contributed by atoms with E-state index >= 15 is 0 Å². The first-order valence-electron chi connectivity index (χ1n) is 8.09. The molecule has 2 atom stereocenters. The van der Waals surface area contributed by atoms with Gasteiger partial charge in [0.2, 0.25) is 15.9 Å². The SMILES string of the molecule is CC[C@@](C)(NC(=O)[C@H]1CCCN(S(C)(=O)=O)C1)c1ccccc1. The van der Waals surface area contributed by atoms with Gasteiger partial charge in [0, 0.05) is 13.1 Å². The third-order valence-electron chi connectivity index (χ3n) is 4.74. The van der Waals surface area contributed by atoms with Gasteiger partial charge in [-0.1, -0.05) is 37.3 Å². The summed E-state index contributed by atoms with van der Waals surface area (Å²) in [6.45, 7) is 4.83. The third kappa shape index (κ3) is 4.32. The highest BCUT2D eigenvalue weighted by molar-refractivity contribution is 7.88. The molecule has 1 fully saturated rings. The zero-order valence-electron chi connectivity index (χ0n) is 14.1. The molecular formula is C17H26N2O3S. The van der Waals surface area contributed by atoms with Crippen molar-refractivity contribution in [1.29, 1.82) is 0 Å². The van der Waals surface area contributed by atoms with Crippen molar-refractivity contribution in [2.75, 3.05) is 19.3 Å². The van der Waals surface area contributed by atoms with E-state index in [4.69, 9.17) is 0 Å². The quantitative estimate of drug-likeness (QED) is 0.894. The molecule has 1 heterocycles. The maximum absolute atomic E-state index is 12.7. The first-order chi connectivity index (χ1) is 10.8. The van der Waals surface area contributed by atoms with Gasteiger partial charge < -0.3 is 5.32 Å². The van der Waals surface area contributed by atoms with E-state index in [0.29, 0.717) is 6.54 Å². The number of piperidine rings is 1. The second-order valence-electron chi connectivity index (χ2n) is 6.50. The fourth-order valence-electron chi connectivity index (χ4n) is 3.00. The highest BCUT2D eigenvalue weighted by atomic mass is 32.2. The predicted octanol–water partition coefficient (Wildman–Crippen LogP) is 2.10. The normalized spacial score (nSPS) is 22.3. The van der Waals surface area contributed by atoms with E-state index < -0.39 is 15.6 Å². The van der Waals surface area contributed by atoms with Crippen molar-refractivity contribution in [1.82, 2.24) is 9.62 Å². The van der Waals surface area contributed by atoms with Crippen LogP contribution in [0.4, 0.5) is 0 Å². The minimum atomic E-state index is -3.24. The zero-order valence-corrected chi connectivity index (χ0v) is 14.9. The fraction of sp³-hybridized carbons (Fsp3) is 0.588. The molecule has 1 aliphatic heterocycles. The van der Waals surface area contributed by atoms with E-state index in [1.807, 2.05) is 44.2 Å². The number of nitrogens with one attached hydrogen (secondary N) is 1. The molecule has 6 heteroatoms. The van der Waals surface area contributed by atoms with Crippen molar-refractivity contribution in [2.24, 2.45) is 5.92 Å². The maximum atomic E-state index is 12.7. The van der Waals surface area contributed by atoms with Crippen LogP contribution >= 0.6 is 0 Å². The monoisotopic (exact) mass is 338 g/mol. The van der Waals surface area contributed by atoms with E-state index in [1.54, 1.807) is 0 Å². The summed E-state index contributed by atoms with van der Waals surface area (Å²) in [5.41, 5.74) is 0.623. The van der Waals surface area contributed by atoms with Crippen LogP contribution in [0.5, 0.6) is 0 Å². The van der Waals surface area contributed by atoms with E-state index in [-0.39, 0.29) is 18.4 Å². The van der Waals surface area contributed by atoms with Gasteiger partial charge in [-0.25, -0.2) is 12.7 Å². The number of carbonyl (C=O) groups is 1. The van der Waals surface area contributed by atoms with Gasteiger partial charge in [0.05, 0.1) is 17.7 Å². The van der Waals surface area contributed by atoms with Crippen LogP contribution in [0.15, 0.2) is 30.3 Å². The van der Waals surface area contributed by atoms with Crippen molar-refractivity contribution < 1.29 is 13.2 Å². The Labute approximate surface area is 139 Å². The van der Waals surface area contributed by atoms with Crippen LogP contribution in [0.25, 0.3) is 0 Å². The second-order valence-corrected chi connectivity index (χ2v) is 8.48. The summed E-state index contributed by atoms with van der Waals surface area (Å²) < 4.78 is 24.8. The lowest BCUT2D eigenvalue weighted by Crippen LogP contribution is -2.50. The van der Waals surface area contributed by atoms with E-state index in [0.717, 1.165) is 24.8 Å². The summed E-state index contributed by atoms with van der Waals surface area (Å²) in [6.07, 6.45) is 3.42. The molecule has 1 saturated heterocycles. The summed E-state index contributed by atoms with van der Waals surface area (Å²) in [4.78, 5) is 12.7. The van der Waals surface area contributed by atoms with Gasteiger partial charge in [0.1, 0.15) is 0 Å². The van der Waals surface area contributed by atoms with Gasteiger partial charge in [-0.3, -0.25) is 4.79 Å². The number of benzene rings is 1. The second kappa shape index (κ2) is 7.01. The molecule has 2 rings (SSSR count). The van der Waals surface area contributed by atoms with Crippen LogP contribution in [0, 0.1) is 5.92 Å². The summed E-state index contributed by atoms with van der Waals surface area (Å²) in [6, 6.07) is 9.89. The summed E-state index contributed by atoms with van der Waals surface area (Å²) in [7, 11) is -3.24. The van der Waals surface area contributed by atoms with Crippen molar-refractivity contribution in [3.8, 4) is 0 Å².